The van der Waals surface area contributed by atoms with Gasteiger partial charge in [-0.05, 0) is 90.7 Å². The van der Waals surface area contributed by atoms with E-state index in [2.05, 4.69) is 107 Å². The van der Waals surface area contributed by atoms with E-state index in [9.17, 15) is 0 Å². The molecule has 0 saturated heterocycles. The van der Waals surface area contributed by atoms with Gasteiger partial charge in [0.05, 0.1) is 11.5 Å². The van der Waals surface area contributed by atoms with Gasteiger partial charge in [-0.25, -0.2) is 0 Å². The summed E-state index contributed by atoms with van der Waals surface area (Å²) >= 11 is -2.10. The molecule has 0 spiro atoms. The summed E-state index contributed by atoms with van der Waals surface area (Å²) in [6.45, 7) is 27.5. The summed E-state index contributed by atoms with van der Waals surface area (Å²) in [4.78, 5) is 0. The number of aryl methyl sites for hydroxylation is 2. The summed E-state index contributed by atoms with van der Waals surface area (Å²) in [5, 5.41) is 0.988. The minimum absolute atomic E-state index is 0.456. The zero-order valence-electron chi connectivity index (χ0n) is 26.1. The van der Waals surface area contributed by atoms with Crippen molar-refractivity contribution in [3.63, 3.8) is 0 Å². The zero-order valence-corrected chi connectivity index (χ0v) is 27.3. The number of hydrogen-bond donors (Lipinski definition) is 0. The van der Waals surface area contributed by atoms with E-state index in [1.165, 1.54) is 33.4 Å². The van der Waals surface area contributed by atoms with Gasteiger partial charge >= 0.3 is 14.8 Å². The van der Waals surface area contributed by atoms with E-state index in [0.717, 1.165) is 42.5 Å². The van der Waals surface area contributed by atoms with Crippen LogP contribution in [0.2, 0.25) is 5.28 Å². The fourth-order valence-corrected chi connectivity index (χ4v) is 7.12. The minimum Gasteiger partial charge on any atom is -0.611 e. The van der Waals surface area contributed by atoms with Crippen molar-refractivity contribution in [1.29, 1.82) is 0 Å². The molecule has 0 aliphatic carbocycles. The molecule has 0 aromatic heterocycles. The Morgan fingerprint density at radius 2 is 0.811 bits per heavy atom. The van der Waals surface area contributed by atoms with Crippen LogP contribution in [0.25, 0.3) is 0 Å². The largest absolute Gasteiger partial charge is 0.857 e. The van der Waals surface area contributed by atoms with Crippen LogP contribution in [0.4, 0.5) is 0 Å². The molecule has 0 amide bonds. The Kier molecular flexibility index (Phi) is 12.6. The first-order valence-corrected chi connectivity index (χ1v) is 16.8. The maximum Gasteiger partial charge on any atom is 0.857 e. The van der Waals surface area contributed by atoms with Crippen molar-refractivity contribution in [2.45, 2.75) is 138 Å². The second-order valence-corrected chi connectivity index (χ2v) is 13.9. The Bertz CT molecular complexity index is 858. The molecule has 2 rings (SSSR count). The van der Waals surface area contributed by atoms with E-state index in [1.807, 2.05) is 0 Å². The zero-order chi connectivity index (χ0) is 27.9. The number of rotatable bonds is 14. The normalized spacial score (nSPS) is 14.8. The van der Waals surface area contributed by atoms with Gasteiger partial charge in [-0.15, -0.1) is 0 Å². The fourth-order valence-electron chi connectivity index (χ4n) is 5.04. The van der Waals surface area contributed by atoms with Crippen molar-refractivity contribution in [3.05, 3.63) is 57.6 Å². The van der Waals surface area contributed by atoms with E-state index in [4.69, 9.17) is 7.58 Å². The summed E-state index contributed by atoms with van der Waals surface area (Å²) in [5.74, 6) is 4.58. The maximum atomic E-state index is 7.18. The standard InChI is InChI=1S/2C15H24O.C4H9.Al/c2*1-6-11(4)13-8-10(3)9-14(15(13)16)12(5)7-2;1-4(2)3;/h2*8-9,11-12,16H,6-7H2,1-5H3;4H,1H2,2-3H3;/q;;;+2/p-2. The molecule has 0 fully saturated rings. The third-order valence-electron chi connectivity index (χ3n) is 8.32. The highest BCUT2D eigenvalue weighted by molar-refractivity contribution is 6.46. The molecule has 37 heavy (non-hydrogen) atoms. The summed E-state index contributed by atoms with van der Waals surface area (Å²) in [6, 6.07) is 9.43. The molecule has 2 nitrogen and oxygen atoms in total. The van der Waals surface area contributed by atoms with Crippen molar-refractivity contribution >= 4 is 14.8 Å². The molecule has 0 aliphatic heterocycles. The molecular formula is C34H55AlO2. The second-order valence-electron chi connectivity index (χ2n) is 12.1. The molecule has 4 atom stereocenters. The van der Waals surface area contributed by atoms with Gasteiger partial charge in [-0.1, -0.05) is 111 Å². The molecule has 0 heterocycles. The van der Waals surface area contributed by atoms with E-state index < -0.39 is 14.8 Å². The van der Waals surface area contributed by atoms with Gasteiger partial charge in [0.25, 0.3) is 0 Å². The lowest BCUT2D eigenvalue weighted by molar-refractivity contribution is 0.392. The summed E-state index contributed by atoms with van der Waals surface area (Å²) in [7, 11) is 0. The van der Waals surface area contributed by atoms with E-state index in [-0.39, 0.29) is 0 Å². The van der Waals surface area contributed by atoms with Crippen LogP contribution in [0, 0.1) is 19.8 Å². The lowest BCUT2D eigenvalue weighted by atomic mass is 9.88. The Balaban J connectivity index is 2.70. The topological polar surface area (TPSA) is 18.5 Å². The predicted molar refractivity (Wildman–Crippen MR) is 164 cm³/mol. The number of benzene rings is 2. The van der Waals surface area contributed by atoms with Crippen LogP contribution in [0.3, 0.4) is 0 Å². The average Bonchev–Trinajstić information content (AvgIpc) is 2.87. The molecule has 0 N–H and O–H groups in total. The lowest BCUT2D eigenvalue weighted by Gasteiger charge is -2.29. The highest BCUT2D eigenvalue weighted by atomic mass is 27.2. The molecule has 0 radical (unpaired) electrons. The third-order valence-corrected chi connectivity index (χ3v) is 10.6. The van der Waals surface area contributed by atoms with Crippen molar-refractivity contribution in [1.82, 2.24) is 0 Å². The Morgan fingerprint density at radius 3 is 1.03 bits per heavy atom. The highest BCUT2D eigenvalue weighted by Crippen LogP contribution is 2.41. The minimum atomic E-state index is -2.10. The summed E-state index contributed by atoms with van der Waals surface area (Å²) in [5.41, 5.74) is 8.09. The van der Waals surface area contributed by atoms with Gasteiger partial charge < -0.3 is 7.58 Å². The smallest absolute Gasteiger partial charge is 0.611 e. The third kappa shape index (κ3) is 8.28. The predicted octanol–water partition coefficient (Wildman–Crippen LogP) is 11.0. The summed E-state index contributed by atoms with van der Waals surface area (Å²) < 4.78 is 14.4. The number of hydrogen-bond acceptors (Lipinski definition) is 2. The molecule has 206 valence electrons. The van der Waals surface area contributed by atoms with Gasteiger partial charge in [0.15, 0.2) is 0 Å². The van der Waals surface area contributed by atoms with Crippen LogP contribution < -0.4 is 7.58 Å². The van der Waals surface area contributed by atoms with Gasteiger partial charge in [-0.2, -0.15) is 0 Å². The fraction of sp³-hybridized carbons (Fsp3) is 0.647. The van der Waals surface area contributed by atoms with Crippen molar-refractivity contribution in [3.8, 4) is 11.5 Å². The Morgan fingerprint density at radius 1 is 0.541 bits per heavy atom. The van der Waals surface area contributed by atoms with Crippen LogP contribution >= 0.6 is 0 Å². The Hall–Kier alpha value is -1.43. The molecule has 3 heteroatoms. The van der Waals surface area contributed by atoms with Crippen LogP contribution in [0.15, 0.2) is 24.3 Å². The maximum absolute atomic E-state index is 7.18. The molecule has 2 aromatic rings. The van der Waals surface area contributed by atoms with Gasteiger partial charge in [0, 0.05) is 0 Å². The molecule has 0 aliphatic rings. The molecule has 0 saturated carbocycles. The van der Waals surface area contributed by atoms with Gasteiger partial charge in [0.2, 0.25) is 0 Å². The monoisotopic (exact) mass is 522 g/mol. The SMILES string of the molecule is CCC(C)c1cc(C)cc(C(C)CC)c1[O][Al]([CH2]C(C)C)[O]c1c(C(C)CC)cc(C)cc1C(C)CC. The van der Waals surface area contributed by atoms with Crippen LogP contribution in [0.5, 0.6) is 11.5 Å². The van der Waals surface area contributed by atoms with Gasteiger partial charge in [-0.3, -0.25) is 0 Å². The average molecular weight is 523 g/mol. The van der Waals surface area contributed by atoms with Crippen LogP contribution in [-0.4, -0.2) is 14.8 Å². The highest BCUT2D eigenvalue weighted by Gasteiger charge is 2.37. The molecule has 0 bridgehead atoms. The van der Waals surface area contributed by atoms with Gasteiger partial charge in [0.1, 0.15) is 0 Å². The Labute approximate surface area is 234 Å². The molecular weight excluding hydrogens is 467 g/mol. The quantitative estimate of drug-likeness (QED) is 0.230. The van der Waals surface area contributed by atoms with Crippen molar-refractivity contribution in [2.24, 2.45) is 5.92 Å². The van der Waals surface area contributed by atoms with Crippen molar-refractivity contribution < 1.29 is 7.58 Å². The van der Waals surface area contributed by atoms with Crippen LogP contribution in [0.1, 0.15) is 152 Å². The van der Waals surface area contributed by atoms with Crippen LogP contribution in [-0.2, 0) is 0 Å². The van der Waals surface area contributed by atoms with E-state index >= 15 is 0 Å². The lowest BCUT2D eigenvalue weighted by Crippen LogP contribution is -2.33. The first-order valence-electron chi connectivity index (χ1n) is 15.1. The van der Waals surface area contributed by atoms with Crippen molar-refractivity contribution in [2.75, 3.05) is 0 Å². The van der Waals surface area contributed by atoms with E-state index in [1.54, 1.807) is 0 Å². The molecule has 4 unspecified atom stereocenters. The first-order chi connectivity index (χ1) is 17.5. The van der Waals surface area contributed by atoms with E-state index in [0.29, 0.717) is 29.6 Å². The molecule has 2 aromatic carbocycles. The summed E-state index contributed by atoms with van der Waals surface area (Å²) in [6.07, 6.45) is 4.41. The first kappa shape index (κ1) is 31.8. The second kappa shape index (κ2) is 14.7.